The lowest BCUT2D eigenvalue weighted by Crippen LogP contribution is -2.44. The molecule has 0 unspecified atom stereocenters. The zero-order valence-electron chi connectivity index (χ0n) is 12.7. The Morgan fingerprint density at radius 3 is 2.64 bits per heavy atom. The number of nitrogens with zero attached hydrogens (tertiary/aromatic N) is 1. The smallest absolute Gasteiger partial charge is 0.273 e. The van der Waals surface area contributed by atoms with Gasteiger partial charge in [-0.05, 0) is 25.3 Å². The Balaban J connectivity index is 1.75. The Kier molecular flexibility index (Phi) is 4.24. The summed E-state index contributed by atoms with van der Waals surface area (Å²) >= 11 is 0. The van der Waals surface area contributed by atoms with E-state index in [1.165, 1.54) is 5.56 Å². The van der Waals surface area contributed by atoms with Crippen molar-refractivity contribution in [3.8, 4) is 0 Å². The Morgan fingerprint density at radius 1 is 1.27 bits per heavy atom. The molecular formula is C17H20N2O3. The molecule has 116 valence electrons. The largest absolute Gasteiger partial charge is 0.381 e. The van der Waals surface area contributed by atoms with Crippen molar-refractivity contribution in [1.29, 1.82) is 0 Å². The van der Waals surface area contributed by atoms with Crippen LogP contribution in [0.1, 0.15) is 34.7 Å². The SMILES string of the molecule is Cc1cc(C(=O)NCC2(c3ccccc3)CCOCC2)no1. The molecular weight excluding hydrogens is 280 g/mol. The predicted octanol–water partition coefficient (Wildman–Crippen LogP) is 2.46. The number of carbonyl (C=O) groups excluding carboxylic acids is 1. The van der Waals surface area contributed by atoms with Gasteiger partial charge < -0.3 is 14.6 Å². The maximum absolute atomic E-state index is 12.2. The molecule has 1 fully saturated rings. The second-order valence-corrected chi connectivity index (χ2v) is 5.76. The highest BCUT2D eigenvalue weighted by Gasteiger charge is 2.34. The maximum Gasteiger partial charge on any atom is 0.273 e. The topological polar surface area (TPSA) is 64.4 Å². The van der Waals surface area contributed by atoms with Gasteiger partial charge in [0.05, 0.1) is 0 Å². The fraction of sp³-hybridized carbons (Fsp3) is 0.412. The minimum absolute atomic E-state index is 0.0754. The molecule has 1 saturated heterocycles. The standard InChI is InChI=1S/C17H20N2O3/c1-13-11-15(19-22-13)16(20)18-12-17(7-9-21-10-8-17)14-5-3-2-4-6-14/h2-6,11H,7-10,12H2,1H3,(H,18,20). The van der Waals surface area contributed by atoms with Crippen molar-refractivity contribution >= 4 is 5.91 Å². The summed E-state index contributed by atoms with van der Waals surface area (Å²) in [7, 11) is 0. The molecule has 0 bridgehead atoms. The van der Waals surface area contributed by atoms with E-state index >= 15 is 0 Å². The van der Waals surface area contributed by atoms with Gasteiger partial charge in [0.25, 0.3) is 5.91 Å². The number of hydrogen-bond donors (Lipinski definition) is 1. The van der Waals surface area contributed by atoms with E-state index in [9.17, 15) is 4.79 Å². The molecule has 0 spiro atoms. The lowest BCUT2D eigenvalue weighted by molar-refractivity contribution is 0.0486. The van der Waals surface area contributed by atoms with E-state index in [1.807, 2.05) is 18.2 Å². The van der Waals surface area contributed by atoms with E-state index < -0.39 is 0 Å². The van der Waals surface area contributed by atoms with Gasteiger partial charge in [-0.25, -0.2) is 0 Å². The van der Waals surface area contributed by atoms with Gasteiger partial charge in [0.1, 0.15) is 5.76 Å². The fourth-order valence-corrected chi connectivity index (χ4v) is 2.93. The van der Waals surface area contributed by atoms with Crippen LogP contribution in [0.25, 0.3) is 0 Å². The highest BCUT2D eigenvalue weighted by Crippen LogP contribution is 2.34. The van der Waals surface area contributed by atoms with E-state index in [1.54, 1.807) is 13.0 Å². The van der Waals surface area contributed by atoms with Crippen LogP contribution in [-0.4, -0.2) is 30.8 Å². The minimum Gasteiger partial charge on any atom is -0.381 e. The number of rotatable bonds is 4. The van der Waals surface area contributed by atoms with Gasteiger partial charge >= 0.3 is 0 Å². The van der Waals surface area contributed by atoms with Crippen molar-refractivity contribution in [2.45, 2.75) is 25.2 Å². The molecule has 0 atom stereocenters. The minimum atomic E-state index is -0.196. The van der Waals surface area contributed by atoms with Crippen LogP contribution in [0.5, 0.6) is 0 Å². The maximum atomic E-state index is 12.2. The number of hydrogen-bond acceptors (Lipinski definition) is 4. The van der Waals surface area contributed by atoms with Crippen molar-refractivity contribution in [3.05, 3.63) is 53.4 Å². The second-order valence-electron chi connectivity index (χ2n) is 5.76. The number of aryl methyl sites for hydroxylation is 1. The summed E-state index contributed by atoms with van der Waals surface area (Å²) < 4.78 is 10.5. The summed E-state index contributed by atoms with van der Waals surface area (Å²) in [6.07, 6.45) is 1.80. The van der Waals surface area contributed by atoms with Crippen molar-refractivity contribution < 1.29 is 14.1 Å². The van der Waals surface area contributed by atoms with E-state index in [0.717, 1.165) is 12.8 Å². The Morgan fingerprint density at radius 2 is 2.00 bits per heavy atom. The summed E-state index contributed by atoms with van der Waals surface area (Å²) in [5.41, 5.74) is 1.50. The second kappa shape index (κ2) is 6.32. The molecule has 2 heterocycles. The van der Waals surface area contributed by atoms with Crippen LogP contribution in [0.2, 0.25) is 0 Å². The lowest BCUT2D eigenvalue weighted by Gasteiger charge is -2.37. The third-order valence-electron chi connectivity index (χ3n) is 4.28. The van der Waals surface area contributed by atoms with Crippen molar-refractivity contribution in [2.75, 3.05) is 19.8 Å². The molecule has 0 saturated carbocycles. The first kappa shape index (κ1) is 14.8. The normalized spacial score (nSPS) is 17.1. The Hall–Kier alpha value is -2.14. The molecule has 1 amide bonds. The molecule has 1 aliphatic heterocycles. The fourth-order valence-electron chi connectivity index (χ4n) is 2.93. The summed E-state index contributed by atoms with van der Waals surface area (Å²) in [4.78, 5) is 12.2. The predicted molar refractivity (Wildman–Crippen MR) is 81.7 cm³/mol. The number of amides is 1. The van der Waals surface area contributed by atoms with E-state index in [4.69, 9.17) is 9.26 Å². The van der Waals surface area contributed by atoms with Crippen molar-refractivity contribution in [2.24, 2.45) is 0 Å². The van der Waals surface area contributed by atoms with Crippen LogP contribution in [0.4, 0.5) is 0 Å². The van der Waals surface area contributed by atoms with Gasteiger partial charge in [0.15, 0.2) is 5.69 Å². The van der Waals surface area contributed by atoms with Gasteiger partial charge in [-0.15, -0.1) is 0 Å². The van der Waals surface area contributed by atoms with E-state index in [0.29, 0.717) is 31.2 Å². The molecule has 1 aromatic heterocycles. The summed E-state index contributed by atoms with van der Waals surface area (Å²) in [6, 6.07) is 12.0. The molecule has 0 radical (unpaired) electrons. The Bertz CT molecular complexity index is 630. The number of aromatic nitrogens is 1. The molecule has 5 heteroatoms. The molecule has 5 nitrogen and oxygen atoms in total. The zero-order valence-corrected chi connectivity index (χ0v) is 12.7. The summed E-state index contributed by atoms with van der Waals surface area (Å²) in [5, 5.41) is 6.77. The van der Waals surface area contributed by atoms with Crippen LogP contribution in [-0.2, 0) is 10.2 Å². The first-order valence-electron chi connectivity index (χ1n) is 7.54. The Labute approximate surface area is 129 Å². The molecule has 22 heavy (non-hydrogen) atoms. The first-order chi connectivity index (χ1) is 10.7. The third-order valence-corrected chi connectivity index (χ3v) is 4.28. The summed E-state index contributed by atoms with van der Waals surface area (Å²) in [5.74, 6) is 0.438. The van der Waals surface area contributed by atoms with Crippen molar-refractivity contribution in [1.82, 2.24) is 10.5 Å². The average Bonchev–Trinajstić information content (AvgIpc) is 3.01. The first-order valence-corrected chi connectivity index (χ1v) is 7.54. The number of benzene rings is 1. The van der Waals surface area contributed by atoms with Gasteiger partial charge in [0.2, 0.25) is 0 Å². The van der Waals surface area contributed by atoms with Gasteiger partial charge in [-0.3, -0.25) is 4.79 Å². The van der Waals surface area contributed by atoms with Gasteiger partial charge in [0, 0.05) is 31.2 Å². The molecule has 3 rings (SSSR count). The van der Waals surface area contributed by atoms with Gasteiger partial charge in [-0.1, -0.05) is 35.5 Å². The molecule has 1 aromatic carbocycles. The number of ether oxygens (including phenoxy) is 1. The highest BCUT2D eigenvalue weighted by atomic mass is 16.5. The van der Waals surface area contributed by atoms with Crippen LogP contribution in [0, 0.1) is 6.92 Å². The lowest BCUT2D eigenvalue weighted by atomic mass is 9.74. The van der Waals surface area contributed by atoms with E-state index in [-0.39, 0.29) is 11.3 Å². The monoisotopic (exact) mass is 300 g/mol. The van der Waals surface area contributed by atoms with Crippen LogP contribution >= 0.6 is 0 Å². The number of carbonyl (C=O) groups is 1. The molecule has 2 aromatic rings. The molecule has 1 aliphatic rings. The average molecular weight is 300 g/mol. The van der Waals surface area contributed by atoms with Crippen LogP contribution in [0.3, 0.4) is 0 Å². The molecule has 1 N–H and O–H groups in total. The van der Waals surface area contributed by atoms with Crippen LogP contribution < -0.4 is 5.32 Å². The molecule has 0 aliphatic carbocycles. The van der Waals surface area contributed by atoms with Gasteiger partial charge in [-0.2, -0.15) is 0 Å². The summed E-state index contributed by atoms with van der Waals surface area (Å²) in [6.45, 7) is 3.78. The third kappa shape index (κ3) is 3.04. The quantitative estimate of drug-likeness (QED) is 0.942. The zero-order chi connectivity index (χ0) is 15.4. The highest BCUT2D eigenvalue weighted by molar-refractivity contribution is 5.92. The number of nitrogens with one attached hydrogen (secondary N) is 1. The van der Waals surface area contributed by atoms with E-state index in [2.05, 4.69) is 22.6 Å². The van der Waals surface area contributed by atoms with Crippen LogP contribution in [0.15, 0.2) is 40.9 Å². The van der Waals surface area contributed by atoms with Crippen molar-refractivity contribution in [3.63, 3.8) is 0 Å².